The van der Waals surface area contributed by atoms with E-state index in [0.29, 0.717) is 11.6 Å². The lowest BCUT2D eigenvalue weighted by Crippen LogP contribution is -2.44. The van der Waals surface area contributed by atoms with E-state index in [-0.39, 0.29) is 30.0 Å². The average molecular weight is 572 g/mol. The summed E-state index contributed by atoms with van der Waals surface area (Å²) in [6.45, 7) is 8.40. The lowest BCUT2D eigenvalue weighted by atomic mass is 10.2. The molecule has 2 aromatic rings. The second-order valence-corrected chi connectivity index (χ2v) is 8.07. The Kier molecular flexibility index (Phi) is 9.61. The van der Waals surface area contributed by atoms with Crippen molar-refractivity contribution in [2.75, 3.05) is 55.7 Å². The molecule has 0 spiro atoms. The Bertz CT molecular complexity index is 894. The molecule has 10 heteroatoms. The fraction of sp³-hybridized carbons (Fsp3) is 0.500. The van der Waals surface area contributed by atoms with E-state index >= 15 is 0 Å². The van der Waals surface area contributed by atoms with Gasteiger partial charge in [0.25, 0.3) is 0 Å². The Morgan fingerprint density at radius 2 is 1.88 bits per heavy atom. The highest BCUT2D eigenvalue weighted by Gasteiger charge is 2.25. The molecule has 0 radical (unpaired) electrons. The van der Waals surface area contributed by atoms with Crippen molar-refractivity contribution in [3.63, 3.8) is 0 Å². The number of hydrogen-bond donors (Lipinski definition) is 2. The van der Waals surface area contributed by atoms with Crippen LogP contribution in [-0.2, 0) is 11.3 Å². The highest BCUT2D eigenvalue weighted by Crippen LogP contribution is 2.26. The highest BCUT2D eigenvalue weighted by atomic mass is 127. The van der Waals surface area contributed by atoms with Crippen LogP contribution in [0.4, 0.5) is 11.6 Å². The van der Waals surface area contributed by atoms with Crippen molar-refractivity contribution in [2.24, 2.45) is 4.99 Å². The fourth-order valence-corrected chi connectivity index (χ4v) is 4.21. The number of aromatic nitrogens is 2. The van der Waals surface area contributed by atoms with Crippen LogP contribution < -0.4 is 20.4 Å². The van der Waals surface area contributed by atoms with Gasteiger partial charge in [0, 0.05) is 56.7 Å². The molecule has 0 bridgehead atoms. The van der Waals surface area contributed by atoms with E-state index < -0.39 is 0 Å². The number of morpholine rings is 1. The molecular formula is C22H31ClIN7O. The zero-order valence-electron chi connectivity index (χ0n) is 18.3. The maximum absolute atomic E-state index is 6.33. The van der Waals surface area contributed by atoms with Crippen LogP contribution in [0.15, 0.2) is 41.7 Å². The van der Waals surface area contributed by atoms with Crippen molar-refractivity contribution >= 4 is 53.2 Å². The molecule has 1 unspecified atom stereocenters. The molecule has 174 valence electrons. The van der Waals surface area contributed by atoms with Crippen molar-refractivity contribution in [2.45, 2.75) is 25.9 Å². The molecule has 0 aliphatic carbocycles. The molecule has 2 aliphatic heterocycles. The van der Waals surface area contributed by atoms with Gasteiger partial charge in [-0.3, -0.25) is 0 Å². The third-order valence-corrected chi connectivity index (χ3v) is 5.79. The summed E-state index contributed by atoms with van der Waals surface area (Å²) in [7, 11) is 0. The van der Waals surface area contributed by atoms with Crippen molar-refractivity contribution < 1.29 is 4.74 Å². The summed E-state index contributed by atoms with van der Waals surface area (Å²) in [5, 5.41) is 7.64. The van der Waals surface area contributed by atoms with Crippen LogP contribution in [0, 0.1) is 0 Å². The number of nitrogens with zero attached hydrogens (tertiary/aromatic N) is 5. The van der Waals surface area contributed by atoms with Gasteiger partial charge in [0.15, 0.2) is 5.96 Å². The quantitative estimate of drug-likeness (QED) is 0.314. The van der Waals surface area contributed by atoms with Gasteiger partial charge in [0.2, 0.25) is 0 Å². The number of pyridine rings is 2. The first-order chi connectivity index (χ1) is 15.2. The molecule has 2 N–H and O–H groups in total. The molecule has 32 heavy (non-hydrogen) atoms. The van der Waals surface area contributed by atoms with Crippen LogP contribution in [0.5, 0.6) is 0 Å². The summed E-state index contributed by atoms with van der Waals surface area (Å²) in [5.74, 6) is 2.67. The first-order valence-corrected chi connectivity index (χ1v) is 11.3. The molecule has 2 aliphatic rings. The van der Waals surface area contributed by atoms with Crippen molar-refractivity contribution in [3.8, 4) is 0 Å². The van der Waals surface area contributed by atoms with Crippen LogP contribution in [0.25, 0.3) is 0 Å². The minimum absolute atomic E-state index is 0. The van der Waals surface area contributed by atoms with Crippen molar-refractivity contribution in [1.82, 2.24) is 20.6 Å². The molecule has 1 atom stereocenters. The van der Waals surface area contributed by atoms with E-state index in [1.165, 1.54) is 0 Å². The highest BCUT2D eigenvalue weighted by molar-refractivity contribution is 14.0. The molecule has 4 heterocycles. The van der Waals surface area contributed by atoms with Gasteiger partial charge in [-0.15, -0.1) is 24.0 Å². The van der Waals surface area contributed by atoms with Gasteiger partial charge in [-0.1, -0.05) is 17.7 Å². The van der Waals surface area contributed by atoms with Crippen LogP contribution in [0.3, 0.4) is 0 Å². The first-order valence-electron chi connectivity index (χ1n) is 10.9. The maximum atomic E-state index is 6.33. The lowest BCUT2D eigenvalue weighted by Gasteiger charge is -2.29. The summed E-state index contributed by atoms with van der Waals surface area (Å²) >= 11 is 6.33. The summed E-state index contributed by atoms with van der Waals surface area (Å²) in [4.78, 5) is 18.4. The number of hydrogen-bond acceptors (Lipinski definition) is 6. The fourth-order valence-electron chi connectivity index (χ4n) is 3.97. The predicted octanol–water partition coefficient (Wildman–Crippen LogP) is 2.92. The van der Waals surface area contributed by atoms with Crippen LogP contribution >= 0.6 is 35.6 Å². The van der Waals surface area contributed by atoms with Gasteiger partial charge in [0.1, 0.15) is 11.6 Å². The Balaban J connectivity index is 0.00000289. The first kappa shape index (κ1) is 24.8. The van der Waals surface area contributed by atoms with Crippen molar-refractivity contribution in [3.05, 3.63) is 47.2 Å². The zero-order chi connectivity index (χ0) is 21.5. The number of nitrogens with one attached hydrogen (secondary N) is 2. The summed E-state index contributed by atoms with van der Waals surface area (Å²) < 4.78 is 5.48. The largest absolute Gasteiger partial charge is 0.378 e. The van der Waals surface area contributed by atoms with Gasteiger partial charge >= 0.3 is 0 Å². The van der Waals surface area contributed by atoms with E-state index in [9.17, 15) is 0 Å². The number of guanidine groups is 1. The Labute approximate surface area is 211 Å². The molecule has 2 aromatic heterocycles. The van der Waals surface area contributed by atoms with E-state index in [1.807, 2.05) is 24.4 Å². The van der Waals surface area contributed by atoms with E-state index in [0.717, 1.165) is 75.5 Å². The molecule has 0 saturated carbocycles. The molecule has 2 saturated heterocycles. The Morgan fingerprint density at radius 3 is 2.62 bits per heavy atom. The lowest BCUT2D eigenvalue weighted by molar-refractivity contribution is 0.122. The van der Waals surface area contributed by atoms with Gasteiger partial charge in [-0.05, 0) is 31.5 Å². The normalized spacial score (nSPS) is 18.9. The van der Waals surface area contributed by atoms with Gasteiger partial charge in [-0.25, -0.2) is 15.0 Å². The third-order valence-electron chi connectivity index (χ3n) is 5.50. The van der Waals surface area contributed by atoms with Crippen LogP contribution in [0.1, 0.15) is 18.9 Å². The molecule has 0 aromatic carbocycles. The van der Waals surface area contributed by atoms with E-state index in [4.69, 9.17) is 21.3 Å². The van der Waals surface area contributed by atoms with E-state index in [1.54, 1.807) is 6.20 Å². The molecule has 0 amide bonds. The molecular weight excluding hydrogens is 541 g/mol. The molecule has 2 fully saturated rings. The number of ether oxygens (including phenoxy) is 1. The average Bonchev–Trinajstić information content (AvgIpc) is 3.27. The zero-order valence-corrected chi connectivity index (χ0v) is 21.4. The SMILES string of the molecule is CCNC(=NCc1cccnc1N1CCOCC1)NC1CCN(c2ncccc2Cl)C1.I. The second-order valence-electron chi connectivity index (χ2n) is 7.67. The van der Waals surface area contributed by atoms with E-state index in [2.05, 4.69) is 43.4 Å². The summed E-state index contributed by atoms with van der Waals surface area (Å²) in [5.41, 5.74) is 1.12. The van der Waals surface area contributed by atoms with Gasteiger partial charge in [-0.2, -0.15) is 0 Å². The van der Waals surface area contributed by atoms with Crippen molar-refractivity contribution in [1.29, 1.82) is 0 Å². The minimum Gasteiger partial charge on any atom is -0.378 e. The smallest absolute Gasteiger partial charge is 0.191 e. The predicted molar refractivity (Wildman–Crippen MR) is 141 cm³/mol. The number of halogens is 2. The number of aliphatic imine (C=N–C) groups is 1. The van der Waals surface area contributed by atoms with Gasteiger partial charge in [0.05, 0.1) is 24.8 Å². The maximum Gasteiger partial charge on any atom is 0.191 e. The van der Waals surface area contributed by atoms with Crippen LogP contribution in [0.2, 0.25) is 5.02 Å². The number of rotatable bonds is 6. The second kappa shape index (κ2) is 12.4. The topological polar surface area (TPSA) is 77.9 Å². The third kappa shape index (κ3) is 6.35. The number of anilines is 2. The summed E-state index contributed by atoms with van der Waals surface area (Å²) in [6, 6.07) is 8.10. The van der Waals surface area contributed by atoms with Gasteiger partial charge < -0.3 is 25.2 Å². The van der Waals surface area contributed by atoms with Crippen LogP contribution in [-0.4, -0.2) is 67.9 Å². The molecule has 8 nitrogen and oxygen atoms in total. The Morgan fingerprint density at radius 1 is 1.12 bits per heavy atom. The molecule has 4 rings (SSSR count). The summed E-state index contributed by atoms with van der Waals surface area (Å²) in [6.07, 6.45) is 4.63. The minimum atomic E-state index is 0. The monoisotopic (exact) mass is 571 g/mol. The Hall–Kier alpha value is -1.85. The standard InChI is InChI=1S/C22H30ClN7O.HI/c1-2-24-22(28-18-7-10-30(16-18)21-19(23)6-4-9-26-21)27-15-17-5-3-8-25-20(17)29-11-13-31-14-12-29;/h3-6,8-9,18H,2,7,10-16H2,1H3,(H2,24,27,28);1H.